The van der Waals surface area contributed by atoms with Gasteiger partial charge in [-0.2, -0.15) is 0 Å². The van der Waals surface area contributed by atoms with Gasteiger partial charge in [-0.1, -0.05) is 0 Å². The topological polar surface area (TPSA) is 88.1 Å². The summed E-state index contributed by atoms with van der Waals surface area (Å²) in [5.74, 6) is 1.86. The zero-order valence-corrected chi connectivity index (χ0v) is 16.9. The van der Waals surface area contributed by atoms with Gasteiger partial charge in [-0.25, -0.2) is 4.98 Å². The Hall–Kier alpha value is -3.00. The molecule has 1 N–H and O–H groups in total. The van der Waals surface area contributed by atoms with Gasteiger partial charge in [0.25, 0.3) is 5.91 Å². The van der Waals surface area contributed by atoms with Crippen molar-refractivity contribution in [1.82, 2.24) is 10.3 Å². The Morgan fingerprint density at radius 3 is 2.34 bits per heavy atom. The van der Waals surface area contributed by atoms with Crippen molar-refractivity contribution in [3.63, 3.8) is 0 Å². The smallest absolute Gasteiger partial charge is 0.253 e. The lowest BCUT2D eigenvalue weighted by Crippen LogP contribution is -2.26. The van der Waals surface area contributed by atoms with E-state index in [4.69, 9.17) is 23.7 Å². The van der Waals surface area contributed by atoms with Crippen LogP contribution in [0.4, 0.5) is 0 Å². The number of carbonyl (C=O) groups is 1. The van der Waals surface area contributed by atoms with Gasteiger partial charge in [0.2, 0.25) is 11.6 Å². The average Bonchev–Trinajstić information content (AvgIpc) is 2.77. The Morgan fingerprint density at radius 1 is 1.10 bits per heavy atom. The van der Waals surface area contributed by atoms with E-state index >= 15 is 0 Å². The van der Waals surface area contributed by atoms with E-state index in [0.29, 0.717) is 48.5 Å². The Morgan fingerprint density at radius 2 is 1.79 bits per heavy atom. The van der Waals surface area contributed by atoms with Crippen LogP contribution in [0.15, 0.2) is 30.5 Å². The second-order valence-electron chi connectivity index (χ2n) is 6.53. The lowest BCUT2D eigenvalue weighted by atomic mass is 10.1. The number of hydrogen-bond acceptors (Lipinski definition) is 7. The van der Waals surface area contributed by atoms with Crippen molar-refractivity contribution >= 4 is 5.91 Å². The van der Waals surface area contributed by atoms with Crippen LogP contribution in [-0.4, -0.2) is 51.5 Å². The molecule has 1 aromatic heterocycles. The van der Waals surface area contributed by atoms with Crippen LogP contribution in [0.3, 0.4) is 0 Å². The van der Waals surface area contributed by atoms with Crippen LogP contribution in [0.1, 0.15) is 28.8 Å². The molecule has 2 aromatic rings. The second kappa shape index (κ2) is 9.97. The predicted octanol–water partition coefficient (Wildman–Crippen LogP) is 2.60. The minimum Gasteiger partial charge on any atom is -0.493 e. The van der Waals surface area contributed by atoms with E-state index in [1.54, 1.807) is 45.6 Å². The lowest BCUT2D eigenvalue weighted by Gasteiger charge is -2.22. The summed E-state index contributed by atoms with van der Waals surface area (Å²) in [6.07, 6.45) is 3.31. The molecule has 0 aliphatic carbocycles. The van der Waals surface area contributed by atoms with Gasteiger partial charge >= 0.3 is 0 Å². The van der Waals surface area contributed by atoms with E-state index in [1.165, 1.54) is 6.20 Å². The van der Waals surface area contributed by atoms with E-state index in [0.717, 1.165) is 18.4 Å². The highest BCUT2D eigenvalue weighted by atomic mass is 16.5. The molecule has 0 unspecified atom stereocenters. The fourth-order valence-corrected chi connectivity index (χ4v) is 3.07. The molecule has 1 aromatic carbocycles. The molecule has 8 nitrogen and oxygen atoms in total. The van der Waals surface area contributed by atoms with Crippen molar-refractivity contribution in [2.45, 2.75) is 25.5 Å². The van der Waals surface area contributed by atoms with E-state index in [-0.39, 0.29) is 12.0 Å². The number of nitrogens with zero attached hydrogens (tertiary/aromatic N) is 1. The zero-order chi connectivity index (χ0) is 20.6. The number of amides is 1. The van der Waals surface area contributed by atoms with Crippen LogP contribution in [0.2, 0.25) is 0 Å². The molecule has 8 heteroatoms. The third-order valence-electron chi connectivity index (χ3n) is 4.63. The molecule has 0 atom stereocenters. The number of hydrogen-bond donors (Lipinski definition) is 1. The van der Waals surface area contributed by atoms with E-state index in [2.05, 4.69) is 10.3 Å². The maximum Gasteiger partial charge on any atom is 0.253 e. The molecule has 1 amide bonds. The maximum absolute atomic E-state index is 12.5. The molecule has 2 heterocycles. The van der Waals surface area contributed by atoms with Gasteiger partial charge in [0, 0.05) is 31.6 Å². The minimum atomic E-state index is -0.233. The third-order valence-corrected chi connectivity index (χ3v) is 4.63. The highest BCUT2D eigenvalue weighted by Crippen LogP contribution is 2.38. The molecule has 1 fully saturated rings. The van der Waals surface area contributed by atoms with Crippen molar-refractivity contribution in [2.75, 3.05) is 34.5 Å². The Labute approximate surface area is 170 Å². The van der Waals surface area contributed by atoms with Gasteiger partial charge in [-0.3, -0.25) is 4.79 Å². The van der Waals surface area contributed by atoms with Crippen molar-refractivity contribution in [3.05, 3.63) is 41.6 Å². The third kappa shape index (κ3) is 5.29. The second-order valence-corrected chi connectivity index (χ2v) is 6.53. The number of ether oxygens (including phenoxy) is 5. The van der Waals surface area contributed by atoms with Gasteiger partial charge in [0.05, 0.1) is 40.1 Å². The standard InChI is InChI=1S/C21H26N2O6/c1-25-17-10-14(11-18(26-2)20(17)27-3)12-23-21(24)15-4-5-19(22-13-15)29-16-6-8-28-9-7-16/h4-5,10-11,13,16H,6-9,12H2,1-3H3,(H,23,24). The largest absolute Gasteiger partial charge is 0.493 e. The quantitative estimate of drug-likeness (QED) is 0.726. The number of nitrogens with one attached hydrogen (secondary N) is 1. The van der Waals surface area contributed by atoms with Gasteiger partial charge in [0.1, 0.15) is 6.10 Å². The number of carbonyl (C=O) groups excluding carboxylic acids is 1. The molecular formula is C21H26N2O6. The first kappa shape index (κ1) is 20.7. The molecule has 1 saturated heterocycles. The van der Waals surface area contributed by atoms with Gasteiger partial charge in [-0.05, 0) is 23.8 Å². The Kier molecular flexibility index (Phi) is 7.13. The normalized spacial score (nSPS) is 14.2. The first-order chi connectivity index (χ1) is 14.1. The molecule has 0 saturated carbocycles. The van der Waals surface area contributed by atoms with Crippen LogP contribution in [-0.2, 0) is 11.3 Å². The summed E-state index contributed by atoms with van der Waals surface area (Å²) >= 11 is 0. The first-order valence-corrected chi connectivity index (χ1v) is 9.42. The van der Waals surface area contributed by atoms with Crippen LogP contribution < -0.4 is 24.3 Å². The van der Waals surface area contributed by atoms with Crippen molar-refractivity contribution in [2.24, 2.45) is 0 Å². The SMILES string of the molecule is COc1cc(CNC(=O)c2ccc(OC3CCOCC3)nc2)cc(OC)c1OC. The summed E-state index contributed by atoms with van der Waals surface area (Å²) < 4.78 is 27.1. The number of rotatable bonds is 8. The molecule has 0 spiro atoms. The van der Waals surface area contributed by atoms with E-state index in [9.17, 15) is 4.79 Å². The summed E-state index contributed by atoms with van der Waals surface area (Å²) in [6.45, 7) is 1.70. The number of benzene rings is 1. The number of methoxy groups -OCH3 is 3. The number of pyridine rings is 1. The molecule has 1 aliphatic rings. The first-order valence-electron chi connectivity index (χ1n) is 9.42. The summed E-state index contributed by atoms with van der Waals surface area (Å²) in [5, 5.41) is 2.87. The summed E-state index contributed by atoms with van der Waals surface area (Å²) in [5.41, 5.74) is 1.28. The van der Waals surface area contributed by atoms with Crippen LogP contribution in [0.5, 0.6) is 23.1 Å². The minimum absolute atomic E-state index is 0.107. The molecule has 0 radical (unpaired) electrons. The highest BCUT2D eigenvalue weighted by Gasteiger charge is 2.17. The monoisotopic (exact) mass is 402 g/mol. The fraction of sp³-hybridized carbons (Fsp3) is 0.429. The Bertz CT molecular complexity index is 793. The predicted molar refractivity (Wildman–Crippen MR) is 106 cm³/mol. The van der Waals surface area contributed by atoms with Crippen LogP contribution in [0.25, 0.3) is 0 Å². The zero-order valence-electron chi connectivity index (χ0n) is 16.9. The molecule has 3 rings (SSSR count). The van der Waals surface area contributed by atoms with Crippen LogP contribution in [0, 0.1) is 0 Å². The average molecular weight is 402 g/mol. The lowest BCUT2D eigenvalue weighted by molar-refractivity contribution is 0.0237. The molecule has 0 bridgehead atoms. The number of aromatic nitrogens is 1. The van der Waals surface area contributed by atoms with Crippen molar-refractivity contribution in [3.8, 4) is 23.1 Å². The summed E-state index contributed by atoms with van der Waals surface area (Å²) in [4.78, 5) is 16.7. The Balaban J connectivity index is 1.60. The van der Waals surface area contributed by atoms with Crippen molar-refractivity contribution < 1.29 is 28.5 Å². The van der Waals surface area contributed by atoms with E-state index in [1.807, 2.05) is 0 Å². The summed E-state index contributed by atoms with van der Waals surface area (Å²) in [6, 6.07) is 7.01. The van der Waals surface area contributed by atoms with Crippen molar-refractivity contribution in [1.29, 1.82) is 0 Å². The maximum atomic E-state index is 12.5. The highest BCUT2D eigenvalue weighted by molar-refractivity contribution is 5.93. The van der Waals surface area contributed by atoms with Crippen LogP contribution >= 0.6 is 0 Å². The van der Waals surface area contributed by atoms with Gasteiger partial charge in [-0.15, -0.1) is 0 Å². The molecule has 29 heavy (non-hydrogen) atoms. The molecule has 156 valence electrons. The molecular weight excluding hydrogens is 376 g/mol. The molecule has 1 aliphatic heterocycles. The van der Waals surface area contributed by atoms with Gasteiger partial charge < -0.3 is 29.0 Å². The fourth-order valence-electron chi connectivity index (χ4n) is 3.07. The summed E-state index contributed by atoms with van der Waals surface area (Å²) in [7, 11) is 4.65. The van der Waals surface area contributed by atoms with E-state index < -0.39 is 0 Å². The van der Waals surface area contributed by atoms with Gasteiger partial charge in [0.15, 0.2) is 11.5 Å².